The number of hydrogen-bond donors (Lipinski definition) is 2. The van der Waals surface area contributed by atoms with E-state index >= 15 is 4.39 Å². The van der Waals surface area contributed by atoms with Gasteiger partial charge in [-0.05, 0) is 58.6 Å². The molecule has 53 heavy (non-hydrogen) atoms. The Hall–Kier alpha value is -4.25. The van der Waals surface area contributed by atoms with E-state index in [0.29, 0.717) is 44.0 Å². The van der Waals surface area contributed by atoms with Crippen molar-refractivity contribution in [2.24, 2.45) is 17.3 Å². The molecule has 3 aliphatic rings. The van der Waals surface area contributed by atoms with Crippen molar-refractivity contribution < 1.29 is 42.8 Å². The Labute approximate surface area is 309 Å². The van der Waals surface area contributed by atoms with Crippen LogP contribution in [0, 0.1) is 23.1 Å². The molecule has 2 atom stereocenters. The number of ether oxygens (including phenoxy) is 4. The van der Waals surface area contributed by atoms with E-state index in [0.717, 1.165) is 63.7 Å². The number of nitrogens with one attached hydrogen (secondary N) is 1. The third-order valence-corrected chi connectivity index (χ3v) is 10.1. The van der Waals surface area contributed by atoms with Crippen LogP contribution in [0.2, 0.25) is 0 Å². The fraction of sp³-hybridized carbons (Fsp3) is 0.622. The van der Waals surface area contributed by atoms with Crippen LogP contribution in [0.5, 0.6) is 23.1 Å². The summed E-state index contributed by atoms with van der Waals surface area (Å²) in [6.45, 7) is 15.6. The second-order valence-electron chi connectivity index (χ2n) is 14.7. The molecule has 0 saturated carbocycles. The molecule has 2 fully saturated rings. The number of aromatic nitrogens is 3. The maximum absolute atomic E-state index is 15.6. The van der Waals surface area contributed by atoms with Gasteiger partial charge in [0.25, 0.3) is 11.8 Å². The number of methoxy groups -OCH3 is 1. The van der Waals surface area contributed by atoms with E-state index in [-0.39, 0.29) is 41.2 Å². The van der Waals surface area contributed by atoms with E-state index < -0.39 is 35.2 Å². The van der Waals surface area contributed by atoms with E-state index in [1.54, 1.807) is 14.0 Å². The first-order chi connectivity index (χ1) is 25.4. The van der Waals surface area contributed by atoms with Crippen LogP contribution in [-0.4, -0.2) is 126 Å². The van der Waals surface area contributed by atoms with Gasteiger partial charge in [-0.3, -0.25) is 9.69 Å². The third kappa shape index (κ3) is 9.28. The van der Waals surface area contributed by atoms with E-state index in [1.807, 2.05) is 13.8 Å². The summed E-state index contributed by atoms with van der Waals surface area (Å²) in [6.07, 6.45) is 5.94. The minimum atomic E-state index is -1.09. The topological polar surface area (TPSA) is 169 Å². The molecular formula is C37H52FN7O8. The Morgan fingerprint density at radius 3 is 2.49 bits per heavy atom. The highest BCUT2D eigenvalue weighted by molar-refractivity contribution is 6.01. The summed E-state index contributed by atoms with van der Waals surface area (Å²) >= 11 is 0. The number of aliphatic hydroxyl groups is 1. The minimum absolute atomic E-state index is 0.0312. The van der Waals surface area contributed by atoms with Crippen molar-refractivity contribution in [3.8, 4) is 23.1 Å². The number of nitrogens with zero attached hydrogens (tertiary/aromatic N) is 6. The number of likely N-dealkylation sites (tertiary alicyclic amines) is 1. The number of rotatable bonds is 17. The first-order valence-electron chi connectivity index (χ1n) is 18.3. The second kappa shape index (κ2) is 17.7. The summed E-state index contributed by atoms with van der Waals surface area (Å²) in [4.78, 5) is 49.4. The highest BCUT2D eigenvalue weighted by atomic mass is 19.1. The first kappa shape index (κ1) is 39.9. The van der Waals surface area contributed by atoms with Gasteiger partial charge < -0.3 is 39.2 Å². The van der Waals surface area contributed by atoms with Gasteiger partial charge in [-0.2, -0.15) is 0 Å². The van der Waals surface area contributed by atoms with Gasteiger partial charge in [0.2, 0.25) is 11.5 Å². The summed E-state index contributed by atoms with van der Waals surface area (Å²) in [7, 11) is 1.64. The zero-order valence-corrected chi connectivity index (χ0v) is 31.5. The van der Waals surface area contributed by atoms with Crippen LogP contribution < -0.4 is 24.4 Å². The first-order valence-corrected chi connectivity index (χ1v) is 18.3. The quantitative estimate of drug-likeness (QED) is 0.138. The van der Waals surface area contributed by atoms with Crippen molar-refractivity contribution in [2.75, 3.05) is 71.0 Å². The van der Waals surface area contributed by atoms with Crippen LogP contribution in [0.15, 0.2) is 24.5 Å². The fourth-order valence-electron chi connectivity index (χ4n) is 7.50. The third-order valence-electron chi connectivity index (χ3n) is 10.1. The van der Waals surface area contributed by atoms with Gasteiger partial charge in [0.1, 0.15) is 6.33 Å². The van der Waals surface area contributed by atoms with E-state index in [9.17, 15) is 19.5 Å². The normalized spacial score (nSPS) is 18.6. The van der Waals surface area contributed by atoms with Crippen LogP contribution in [0.25, 0.3) is 0 Å². The second-order valence-corrected chi connectivity index (χ2v) is 14.7. The molecule has 15 nitrogen and oxygen atoms in total. The number of esters is 2. The average molecular weight is 742 g/mol. The molecule has 2 saturated heterocycles. The molecule has 0 bridgehead atoms. The molecule has 4 heterocycles. The lowest BCUT2D eigenvalue weighted by molar-refractivity contribution is -0.133. The van der Waals surface area contributed by atoms with Crippen LogP contribution in [0.4, 0.5) is 10.2 Å². The van der Waals surface area contributed by atoms with Crippen molar-refractivity contribution in [2.45, 2.75) is 66.0 Å². The Bertz CT molecular complexity index is 1650. The van der Waals surface area contributed by atoms with Crippen molar-refractivity contribution in [1.29, 1.82) is 0 Å². The van der Waals surface area contributed by atoms with Gasteiger partial charge in [0, 0.05) is 88.6 Å². The van der Waals surface area contributed by atoms with Gasteiger partial charge in [-0.25, -0.2) is 19.0 Å². The van der Waals surface area contributed by atoms with Gasteiger partial charge in [0.05, 0.1) is 12.2 Å². The van der Waals surface area contributed by atoms with E-state index in [1.165, 1.54) is 11.2 Å². The van der Waals surface area contributed by atoms with Crippen LogP contribution in [-0.2, 0) is 14.3 Å². The average Bonchev–Trinajstić information content (AvgIpc) is 3.55. The number of benzene rings is 1. The lowest BCUT2D eigenvalue weighted by Crippen LogP contribution is -2.62. The monoisotopic (exact) mass is 741 g/mol. The maximum atomic E-state index is 15.6. The molecule has 2 aromatic rings. The molecule has 3 aliphatic heterocycles. The van der Waals surface area contributed by atoms with Crippen molar-refractivity contribution >= 4 is 23.7 Å². The number of hydrogen-bond acceptors (Lipinski definition) is 14. The maximum Gasteiger partial charge on any atom is 0.336 e. The fourth-order valence-corrected chi connectivity index (χ4v) is 7.50. The molecule has 290 valence electrons. The number of carbonyl (C=O) groups excluding carboxylic acids is 3. The number of fused-ring (bicyclic) bond motifs is 1. The SMILES string of the molecule is CCN(C(=O)c1cc(F)c2c(c1Oc1nncnc1N1CCC3(C1)CN([C@H](CCCNC[C@H](CO)COC)C(C)C)C3)OC(=O)/C=C/C(=O)O2)C(C)C. The summed E-state index contributed by atoms with van der Waals surface area (Å²) in [5.74, 6) is -4.47. The highest BCUT2D eigenvalue weighted by Crippen LogP contribution is 2.48. The minimum Gasteiger partial charge on any atom is -0.430 e. The van der Waals surface area contributed by atoms with Crippen molar-refractivity contribution in [3.05, 3.63) is 35.9 Å². The molecule has 2 N–H and O–H groups in total. The summed E-state index contributed by atoms with van der Waals surface area (Å²) < 4.78 is 37.6. The van der Waals surface area contributed by atoms with Crippen LogP contribution in [0.1, 0.15) is 64.2 Å². The van der Waals surface area contributed by atoms with Crippen molar-refractivity contribution in [3.63, 3.8) is 0 Å². The summed E-state index contributed by atoms with van der Waals surface area (Å²) in [5.41, 5.74) is -0.226. The molecule has 16 heteroatoms. The molecule has 0 radical (unpaired) electrons. The number of halogens is 1. The molecule has 0 unspecified atom stereocenters. The molecule has 1 spiro atoms. The summed E-state index contributed by atoms with van der Waals surface area (Å²) in [5, 5.41) is 21.1. The smallest absolute Gasteiger partial charge is 0.336 e. The van der Waals surface area contributed by atoms with E-state index in [2.05, 4.69) is 44.1 Å². The number of amides is 1. The number of anilines is 1. The summed E-state index contributed by atoms with van der Waals surface area (Å²) in [6, 6.07) is 1.07. The van der Waals surface area contributed by atoms with Crippen molar-refractivity contribution in [1.82, 2.24) is 30.3 Å². The number of carbonyl (C=O) groups is 3. The standard InChI is InChI=1S/C37H52FN7O8/c1-7-45(24(4)5)36(49)26-15-27(38)32-33(52-30(48)11-10-29(47)51-32)31(26)53-35-34(40-22-41-42-35)43-14-12-37(19-43)20-44(21-37)28(23(2)3)9-8-13-39-16-25(17-46)18-50-6/h10-11,15,22-25,28,39,46H,7-9,12-14,16-21H2,1-6H3/b11-10+/t25-,28-/m1/s1. The largest absolute Gasteiger partial charge is 0.430 e. The van der Waals surface area contributed by atoms with Crippen LogP contribution >= 0.6 is 0 Å². The lowest BCUT2D eigenvalue weighted by atomic mass is 9.76. The predicted octanol–water partition coefficient (Wildman–Crippen LogP) is 3.22. The molecule has 1 aromatic heterocycles. The Balaban J connectivity index is 1.34. The molecule has 5 rings (SSSR count). The highest BCUT2D eigenvalue weighted by Gasteiger charge is 2.50. The molecule has 1 aromatic carbocycles. The Morgan fingerprint density at radius 2 is 1.85 bits per heavy atom. The zero-order chi connectivity index (χ0) is 38.3. The Morgan fingerprint density at radius 1 is 1.13 bits per heavy atom. The lowest BCUT2D eigenvalue weighted by Gasteiger charge is -2.53. The van der Waals surface area contributed by atoms with E-state index in [4.69, 9.17) is 18.9 Å². The Kier molecular flexibility index (Phi) is 13.4. The predicted molar refractivity (Wildman–Crippen MR) is 193 cm³/mol. The molecule has 1 amide bonds. The molecular weight excluding hydrogens is 689 g/mol. The van der Waals surface area contributed by atoms with Crippen LogP contribution in [0.3, 0.4) is 0 Å². The molecule has 0 aliphatic carbocycles. The van der Waals surface area contributed by atoms with Gasteiger partial charge >= 0.3 is 11.9 Å². The number of aliphatic hydroxyl groups excluding tert-OH is 1. The zero-order valence-electron chi connectivity index (χ0n) is 31.5. The van der Waals surface area contributed by atoms with Gasteiger partial charge in [-0.1, -0.05) is 13.8 Å². The van der Waals surface area contributed by atoms with Gasteiger partial charge in [-0.15, -0.1) is 10.2 Å². The van der Waals surface area contributed by atoms with Gasteiger partial charge in [0.15, 0.2) is 17.4 Å².